The first-order valence-electron chi connectivity index (χ1n) is 23.9. The Balaban J connectivity index is 2.36. The van der Waals surface area contributed by atoms with Crippen LogP contribution in [0.15, 0.2) is 48.6 Å². The molecule has 0 bridgehead atoms. The van der Waals surface area contributed by atoms with Gasteiger partial charge in [-0.3, -0.25) is 4.79 Å². The summed E-state index contributed by atoms with van der Waals surface area (Å²) in [6.45, 7) is 3.72. The highest BCUT2D eigenvalue weighted by Crippen LogP contribution is 2.22. The summed E-state index contributed by atoms with van der Waals surface area (Å²) in [5, 5.41) is 54.2. The van der Waals surface area contributed by atoms with Gasteiger partial charge in [0.25, 0.3) is 0 Å². The molecule has 0 saturated carbocycles. The third kappa shape index (κ3) is 29.4. The van der Waals surface area contributed by atoms with E-state index in [2.05, 4.69) is 55.6 Å². The number of nitrogens with one attached hydrogen (secondary N) is 1. The van der Waals surface area contributed by atoms with Gasteiger partial charge in [0.15, 0.2) is 6.29 Å². The SMILES string of the molecule is CCCCC/C=C\C/C=C\CCCCCCCCCCCC(=O)NC(COC1OC(CO)C(O)C(O)C1O)C(O)/C=C/CC/C=C/CCCCCCCCCCCC. The lowest BCUT2D eigenvalue weighted by atomic mass is 9.99. The molecule has 0 aliphatic carbocycles. The molecule has 0 aromatic heterocycles. The highest BCUT2D eigenvalue weighted by molar-refractivity contribution is 5.76. The van der Waals surface area contributed by atoms with Crippen LogP contribution in [0.1, 0.15) is 200 Å². The minimum absolute atomic E-state index is 0.193. The van der Waals surface area contributed by atoms with Crippen LogP contribution in [-0.2, 0) is 14.3 Å². The zero-order valence-corrected chi connectivity index (χ0v) is 37.0. The number of unbranched alkanes of at least 4 members (excludes halogenated alkanes) is 23. The molecule has 7 atom stereocenters. The second-order valence-corrected chi connectivity index (χ2v) is 16.5. The molecule has 1 heterocycles. The number of rotatable bonds is 39. The van der Waals surface area contributed by atoms with Crippen LogP contribution < -0.4 is 5.32 Å². The average Bonchev–Trinajstić information content (AvgIpc) is 3.22. The topological polar surface area (TPSA) is 149 Å². The molecule has 9 heteroatoms. The molecule has 7 unspecified atom stereocenters. The largest absolute Gasteiger partial charge is 0.394 e. The fourth-order valence-corrected chi connectivity index (χ4v) is 7.26. The van der Waals surface area contributed by atoms with E-state index in [0.29, 0.717) is 6.42 Å². The highest BCUT2D eigenvalue weighted by Gasteiger charge is 2.44. The maximum Gasteiger partial charge on any atom is 0.220 e. The lowest BCUT2D eigenvalue weighted by Gasteiger charge is -2.40. The number of amides is 1. The Kier molecular flexibility index (Phi) is 36.7. The standard InChI is InChI=1S/C49H89NO8/c1-3-5-7-9-11-13-15-17-19-21-22-23-25-27-29-31-33-35-37-39-45(53)50-42(41-57-49-48(56)47(55)46(54)44(40-51)58-49)43(52)38-36-34-32-30-28-26-24-20-18-16-14-12-10-8-6-4-2/h11,13,17,19,28,30,36,38,42-44,46-49,51-52,54-56H,3-10,12,14-16,18,20-27,29,31-35,37,39-41H2,1-2H3,(H,50,53)/b13-11-,19-17-,30-28+,38-36+. The third-order valence-electron chi connectivity index (χ3n) is 11.1. The molecule has 1 fully saturated rings. The van der Waals surface area contributed by atoms with Gasteiger partial charge in [0.2, 0.25) is 5.91 Å². The Morgan fingerprint density at radius 2 is 1.03 bits per heavy atom. The van der Waals surface area contributed by atoms with Crippen molar-refractivity contribution in [2.24, 2.45) is 0 Å². The molecule has 0 radical (unpaired) electrons. The van der Waals surface area contributed by atoms with Crippen molar-refractivity contribution in [2.45, 2.75) is 243 Å². The van der Waals surface area contributed by atoms with Gasteiger partial charge < -0.3 is 40.3 Å². The van der Waals surface area contributed by atoms with Gasteiger partial charge in [-0.25, -0.2) is 0 Å². The lowest BCUT2D eigenvalue weighted by molar-refractivity contribution is -0.302. The van der Waals surface area contributed by atoms with Crippen molar-refractivity contribution in [2.75, 3.05) is 13.2 Å². The normalized spacial score (nSPS) is 21.3. The Labute approximate surface area is 354 Å². The van der Waals surface area contributed by atoms with Crippen molar-refractivity contribution in [1.82, 2.24) is 5.32 Å². The van der Waals surface area contributed by atoms with Crippen LogP contribution in [0.25, 0.3) is 0 Å². The molecular weight excluding hydrogens is 731 g/mol. The summed E-state index contributed by atoms with van der Waals surface area (Å²) in [6, 6.07) is -0.823. The summed E-state index contributed by atoms with van der Waals surface area (Å²) in [5.74, 6) is -0.193. The smallest absolute Gasteiger partial charge is 0.220 e. The van der Waals surface area contributed by atoms with Gasteiger partial charge in [-0.1, -0.05) is 178 Å². The summed E-state index contributed by atoms with van der Waals surface area (Å²) < 4.78 is 11.2. The number of carbonyl (C=O) groups excluding carboxylic acids is 1. The van der Waals surface area contributed by atoms with Crippen molar-refractivity contribution in [3.05, 3.63) is 48.6 Å². The molecule has 6 N–H and O–H groups in total. The summed E-state index contributed by atoms with van der Waals surface area (Å²) in [5.41, 5.74) is 0. The van der Waals surface area contributed by atoms with Gasteiger partial charge in [0, 0.05) is 6.42 Å². The van der Waals surface area contributed by atoms with Gasteiger partial charge in [0.05, 0.1) is 25.4 Å². The molecule has 58 heavy (non-hydrogen) atoms. The van der Waals surface area contributed by atoms with Crippen molar-refractivity contribution < 1.29 is 39.8 Å². The minimum atomic E-state index is -1.57. The molecular formula is C49H89NO8. The molecule has 1 rings (SSSR count). The van der Waals surface area contributed by atoms with Crippen molar-refractivity contribution >= 4 is 5.91 Å². The second-order valence-electron chi connectivity index (χ2n) is 16.5. The van der Waals surface area contributed by atoms with Crippen LogP contribution in [0, 0.1) is 0 Å². The van der Waals surface area contributed by atoms with Crippen molar-refractivity contribution in [3.8, 4) is 0 Å². The predicted octanol–water partition coefficient (Wildman–Crippen LogP) is 10.2. The molecule has 1 amide bonds. The molecule has 0 spiro atoms. The lowest BCUT2D eigenvalue weighted by Crippen LogP contribution is -2.60. The summed E-state index contributed by atoms with van der Waals surface area (Å²) in [4.78, 5) is 13.0. The number of ether oxygens (including phenoxy) is 2. The average molecular weight is 820 g/mol. The maximum absolute atomic E-state index is 13.0. The number of hydrogen-bond donors (Lipinski definition) is 6. The van der Waals surface area contributed by atoms with Crippen LogP contribution in [0.5, 0.6) is 0 Å². The number of hydrogen-bond acceptors (Lipinski definition) is 8. The van der Waals surface area contributed by atoms with Gasteiger partial charge in [-0.15, -0.1) is 0 Å². The number of aliphatic hydroxyl groups excluding tert-OH is 5. The molecule has 1 aliphatic rings. The maximum atomic E-state index is 13.0. The Bertz CT molecular complexity index is 1050. The van der Waals surface area contributed by atoms with Crippen molar-refractivity contribution in [1.29, 1.82) is 0 Å². The fraction of sp³-hybridized carbons (Fsp3) is 0.816. The molecule has 0 aromatic carbocycles. The van der Waals surface area contributed by atoms with Crippen LogP contribution >= 0.6 is 0 Å². The Hall–Kier alpha value is -1.85. The molecule has 1 saturated heterocycles. The van der Waals surface area contributed by atoms with Crippen LogP contribution in [0.4, 0.5) is 0 Å². The van der Waals surface area contributed by atoms with E-state index in [1.165, 1.54) is 128 Å². The first-order chi connectivity index (χ1) is 28.3. The van der Waals surface area contributed by atoms with Crippen LogP contribution in [-0.4, -0.2) is 87.5 Å². The predicted molar refractivity (Wildman–Crippen MR) is 239 cm³/mol. The van der Waals surface area contributed by atoms with Gasteiger partial charge in [0.1, 0.15) is 24.4 Å². The Morgan fingerprint density at radius 3 is 1.59 bits per heavy atom. The summed E-state index contributed by atoms with van der Waals surface area (Å²) >= 11 is 0. The van der Waals surface area contributed by atoms with E-state index in [4.69, 9.17) is 9.47 Å². The van der Waals surface area contributed by atoms with Crippen molar-refractivity contribution in [3.63, 3.8) is 0 Å². The zero-order valence-electron chi connectivity index (χ0n) is 37.0. The monoisotopic (exact) mass is 820 g/mol. The first-order valence-corrected chi connectivity index (χ1v) is 23.9. The third-order valence-corrected chi connectivity index (χ3v) is 11.1. The second kappa shape index (κ2) is 39.3. The summed E-state index contributed by atoms with van der Waals surface area (Å²) in [7, 11) is 0. The van der Waals surface area contributed by atoms with E-state index in [0.717, 1.165) is 51.4 Å². The number of aliphatic hydroxyl groups is 5. The number of carbonyl (C=O) groups is 1. The van der Waals surface area contributed by atoms with Gasteiger partial charge >= 0.3 is 0 Å². The van der Waals surface area contributed by atoms with E-state index < -0.39 is 49.5 Å². The van der Waals surface area contributed by atoms with E-state index in [1.807, 2.05) is 6.08 Å². The highest BCUT2D eigenvalue weighted by atomic mass is 16.7. The molecule has 9 nitrogen and oxygen atoms in total. The summed E-state index contributed by atoms with van der Waals surface area (Å²) in [6.07, 6.45) is 42.9. The fourth-order valence-electron chi connectivity index (χ4n) is 7.26. The zero-order chi connectivity index (χ0) is 42.3. The van der Waals surface area contributed by atoms with E-state index in [-0.39, 0.29) is 12.5 Å². The first kappa shape index (κ1) is 54.2. The van der Waals surface area contributed by atoms with E-state index >= 15 is 0 Å². The molecule has 0 aromatic rings. The van der Waals surface area contributed by atoms with E-state index in [9.17, 15) is 30.3 Å². The van der Waals surface area contributed by atoms with E-state index in [1.54, 1.807) is 6.08 Å². The number of allylic oxidation sites excluding steroid dienone is 7. The quantitative estimate of drug-likeness (QED) is 0.0265. The molecule has 1 aliphatic heterocycles. The molecule has 338 valence electrons. The van der Waals surface area contributed by atoms with Gasteiger partial charge in [-0.05, 0) is 64.2 Å². The van der Waals surface area contributed by atoms with Crippen LogP contribution in [0.3, 0.4) is 0 Å². The van der Waals surface area contributed by atoms with Crippen LogP contribution in [0.2, 0.25) is 0 Å². The Morgan fingerprint density at radius 1 is 0.586 bits per heavy atom. The minimum Gasteiger partial charge on any atom is -0.394 e. The van der Waals surface area contributed by atoms with Gasteiger partial charge in [-0.2, -0.15) is 0 Å².